The van der Waals surface area contributed by atoms with E-state index in [-0.39, 0.29) is 48.5 Å². The van der Waals surface area contributed by atoms with E-state index in [0.717, 1.165) is 37.9 Å². The van der Waals surface area contributed by atoms with Gasteiger partial charge < -0.3 is 21.3 Å². The first-order valence-electron chi connectivity index (χ1n) is 10.7. The van der Waals surface area contributed by atoms with Crippen LogP contribution in [0.25, 0.3) is 0 Å². The van der Waals surface area contributed by atoms with Gasteiger partial charge in [-0.05, 0) is 62.3 Å². The van der Waals surface area contributed by atoms with Gasteiger partial charge in [0.1, 0.15) is 11.9 Å². The Kier molecular flexibility index (Phi) is 10.8. The van der Waals surface area contributed by atoms with Crippen molar-refractivity contribution in [1.29, 1.82) is 5.41 Å². The van der Waals surface area contributed by atoms with Crippen molar-refractivity contribution >= 4 is 48.2 Å². The summed E-state index contributed by atoms with van der Waals surface area (Å²) in [5.74, 6) is 0.178. The second-order valence-corrected chi connectivity index (χ2v) is 8.23. The third kappa shape index (κ3) is 6.34. The Morgan fingerprint density at radius 1 is 1.13 bits per heavy atom. The maximum atomic E-state index is 12.4. The molecule has 1 aromatic carbocycles. The van der Waals surface area contributed by atoms with Crippen molar-refractivity contribution in [2.24, 2.45) is 5.73 Å². The fourth-order valence-electron chi connectivity index (χ4n) is 4.52. The lowest BCUT2D eigenvalue weighted by molar-refractivity contribution is -0.122. The molecular formula is C22H35Cl2N5O2. The Morgan fingerprint density at radius 3 is 2.42 bits per heavy atom. The molecule has 5 N–H and O–H groups in total. The maximum absolute atomic E-state index is 12.4. The summed E-state index contributed by atoms with van der Waals surface area (Å²) < 4.78 is 0. The molecular weight excluding hydrogens is 437 g/mol. The third-order valence-electron chi connectivity index (χ3n) is 6.13. The summed E-state index contributed by atoms with van der Waals surface area (Å²) in [6.07, 6.45) is 7.74. The molecule has 7 nitrogen and oxygen atoms in total. The molecule has 1 saturated heterocycles. The number of amides is 2. The van der Waals surface area contributed by atoms with Crippen LogP contribution in [0.1, 0.15) is 68.9 Å². The average molecular weight is 472 g/mol. The summed E-state index contributed by atoms with van der Waals surface area (Å²) in [6.45, 7) is 2.46. The van der Waals surface area contributed by atoms with Crippen LogP contribution in [-0.2, 0) is 9.59 Å². The highest BCUT2D eigenvalue weighted by molar-refractivity contribution is 6.07. The van der Waals surface area contributed by atoms with E-state index in [2.05, 4.69) is 15.5 Å². The molecule has 31 heavy (non-hydrogen) atoms. The van der Waals surface area contributed by atoms with Gasteiger partial charge in [-0.2, -0.15) is 0 Å². The zero-order valence-corrected chi connectivity index (χ0v) is 19.9. The standard InChI is InChI=1S/C22H33N5O2.2ClH/c1-14(23)21(28)26-20(24)16-10-11-18(17(13-16)15-7-4-3-5-8-15)27-12-6-9-19(27)22(29)25-2;;/h10-11,13-15,19H,3-9,12,23H2,1-2H3,(H,25,29)(H2,24,26,28);2*1H/t14-,19-;;/m0../s1. The third-order valence-corrected chi connectivity index (χ3v) is 6.13. The molecule has 2 aliphatic rings. The van der Waals surface area contributed by atoms with Crippen LogP contribution in [0.15, 0.2) is 18.2 Å². The summed E-state index contributed by atoms with van der Waals surface area (Å²) in [6, 6.07) is 5.11. The molecule has 0 aromatic heterocycles. The Labute approximate surface area is 197 Å². The number of nitrogens with one attached hydrogen (secondary N) is 3. The molecule has 0 spiro atoms. The number of halogens is 2. The van der Waals surface area contributed by atoms with E-state index < -0.39 is 6.04 Å². The van der Waals surface area contributed by atoms with Crippen LogP contribution < -0.4 is 21.3 Å². The van der Waals surface area contributed by atoms with E-state index in [1.54, 1.807) is 14.0 Å². The van der Waals surface area contributed by atoms with Crippen LogP contribution in [0.5, 0.6) is 0 Å². The van der Waals surface area contributed by atoms with Crippen molar-refractivity contribution < 1.29 is 9.59 Å². The molecule has 1 saturated carbocycles. The van der Waals surface area contributed by atoms with Crippen LogP contribution in [0.2, 0.25) is 0 Å². The van der Waals surface area contributed by atoms with Crippen LogP contribution in [-0.4, -0.2) is 43.3 Å². The van der Waals surface area contributed by atoms with E-state index in [4.69, 9.17) is 11.1 Å². The van der Waals surface area contributed by atoms with Crippen LogP contribution >= 0.6 is 24.8 Å². The minimum absolute atomic E-state index is 0. The highest BCUT2D eigenvalue weighted by atomic mass is 35.5. The summed E-state index contributed by atoms with van der Waals surface area (Å²) in [4.78, 5) is 26.5. The molecule has 0 radical (unpaired) electrons. The van der Waals surface area contributed by atoms with Gasteiger partial charge in [0.15, 0.2) is 0 Å². The van der Waals surface area contributed by atoms with Gasteiger partial charge in [-0.25, -0.2) is 0 Å². The Balaban J connectivity index is 0.00000240. The molecule has 0 bridgehead atoms. The van der Waals surface area contributed by atoms with Crippen LogP contribution in [0, 0.1) is 5.41 Å². The topological polar surface area (TPSA) is 111 Å². The number of carbonyl (C=O) groups excluding carboxylic acids is 2. The molecule has 2 atom stereocenters. The van der Waals surface area contributed by atoms with Gasteiger partial charge in [0, 0.05) is 24.8 Å². The lowest BCUT2D eigenvalue weighted by Gasteiger charge is -2.32. The highest BCUT2D eigenvalue weighted by Gasteiger charge is 2.33. The minimum Gasteiger partial charge on any atom is -0.359 e. The number of anilines is 1. The van der Waals surface area contributed by atoms with Gasteiger partial charge in [0.2, 0.25) is 11.8 Å². The summed E-state index contributed by atoms with van der Waals surface area (Å²) in [7, 11) is 1.69. The fourth-order valence-corrected chi connectivity index (χ4v) is 4.52. The minimum atomic E-state index is -0.662. The summed E-state index contributed by atoms with van der Waals surface area (Å²) in [5.41, 5.74) is 8.59. The largest absolute Gasteiger partial charge is 0.359 e. The number of nitrogens with zero attached hydrogens (tertiary/aromatic N) is 1. The number of hydrogen-bond acceptors (Lipinski definition) is 5. The lowest BCUT2D eigenvalue weighted by Crippen LogP contribution is -2.43. The second-order valence-electron chi connectivity index (χ2n) is 8.23. The van der Waals surface area contributed by atoms with Crippen LogP contribution in [0.3, 0.4) is 0 Å². The Bertz CT molecular complexity index is 781. The zero-order chi connectivity index (χ0) is 21.0. The highest BCUT2D eigenvalue weighted by Crippen LogP contribution is 2.40. The van der Waals surface area contributed by atoms with Gasteiger partial charge in [-0.1, -0.05) is 19.3 Å². The first kappa shape index (κ1) is 27.2. The zero-order valence-electron chi connectivity index (χ0n) is 18.3. The van der Waals surface area contributed by atoms with Crippen LogP contribution in [0.4, 0.5) is 5.69 Å². The predicted molar refractivity (Wildman–Crippen MR) is 130 cm³/mol. The molecule has 1 aliphatic heterocycles. The molecule has 1 heterocycles. The van der Waals surface area contributed by atoms with Crippen molar-refractivity contribution in [1.82, 2.24) is 10.6 Å². The first-order valence-corrected chi connectivity index (χ1v) is 10.7. The SMILES string of the molecule is CNC(=O)[C@@H]1CCCN1c1ccc(C(=N)NC(=O)[C@H](C)N)cc1C1CCCCC1.Cl.Cl. The first-order chi connectivity index (χ1) is 13.9. The van der Waals surface area contributed by atoms with E-state index in [9.17, 15) is 9.59 Å². The molecule has 174 valence electrons. The normalized spacial score (nSPS) is 19.6. The summed E-state index contributed by atoms with van der Waals surface area (Å²) >= 11 is 0. The fraction of sp³-hybridized carbons (Fsp3) is 0.591. The average Bonchev–Trinajstić information content (AvgIpc) is 3.23. The smallest absolute Gasteiger partial charge is 0.242 e. The molecule has 1 aliphatic carbocycles. The van der Waals surface area contributed by atoms with E-state index >= 15 is 0 Å². The molecule has 2 amide bonds. The van der Waals surface area contributed by atoms with Gasteiger partial charge in [-0.3, -0.25) is 15.0 Å². The maximum Gasteiger partial charge on any atom is 0.242 e. The molecule has 3 rings (SSSR count). The second kappa shape index (κ2) is 12.3. The number of benzene rings is 1. The van der Waals surface area contributed by atoms with Crippen molar-refractivity contribution in [2.75, 3.05) is 18.5 Å². The lowest BCUT2D eigenvalue weighted by atomic mass is 9.82. The Hall–Kier alpha value is -1.83. The molecule has 2 fully saturated rings. The van der Waals surface area contributed by atoms with Crippen molar-refractivity contribution in [2.45, 2.75) is 69.9 Å². The van der Waals surface area contributed by atoms with E-state index in [1.807, 2.05) is 18.2 Å². The molecule has 1 aromatic rings. The molecule has 0 unspecified atom stereocenters. The van der Waals surface area contributed by atoms with Crippen molar-refractivity contribution in [3.63, 3.8) is 0 Å². The number of amidine groups is 1. The van der Waals surface area contributed by atoms with E-state index in [0.29, 0.717) is 11.5 Å². The number of rotatable bonds is 5. The van der Waals surface area contributed by atoms with E-state index in [1.165, 1.54) is 24.8 Å². The molecule has 9 heteroatoms. The van der Waals surface area contributed by atoms with Crippen molar-refractivity contribution in [3.05, 3.63) is 29.3 Å². The van der Waals surface area contributed by atoms with Gasteiger partial charge in [-0.15, -0.1) is 24.8 Å². The number of carbonyl (C=O) groups is 2. The van der Waals surface area contributed by atoms with Gasteiger partial charge >= 0.3 is 0 Å². The predicted octanol–water partition coefficient (Wildman–Crippen LogP) is 3.08. The number of likely N-dealkylation sites (N-methyl/N-ethyl adjacent to an activating group) is 1. The quantitative estimate of drug-likeness (QED) is 0.390. The van der Waals surface area contributed by atoms with Gasteiger partial charge in [0.25, 0.3) is 0 Å². The monoisotopic (exact) mass is 471 g/mol. The van der Waals surface area contributed by atoms with Crippen molar-refractivity contribution in [3.8, 4) is 0 Å². The summed E-state index contributed by atoms with van der Waals surface area (Å²) in [5, 5.41) is 13.7. The number of hydrogen-bond donors (Lipinski definition) is 4. The number of nitrogens with two attached hydrogens (primary N) is 1. The van der Waals surface area contributed by atoms with Gasteiger partial charge in [0.05, 0.1) is 6.04 Å². The Morgan fingerprint density at radius 2 is 1.81 bits per heavy atom.